The second-order valence-electron chi connectivity index (χ2n) is 6.35. The van der Waals surface area contributed by atoms with Crippen molar-refractivity contribution in [3.05, 3.63) is 58.6 Å². The number of hydrogen-bond acceptors (Lipinski definition) is 4. The number of para-hydroxylation sites is 1. The number of benzene rings is 2. The van der Waals surface area contributed by atoms with Crippen molar-refractivity contribution in [2.75, 3.05) is 14.2 Å². The molecule has 0 spiro atoms. The van der Waals surface area contributed by atoms with Crippen LogP contribution in [0.1, 0.15) is 29.1 Å². The van der Waals surface area contributed by atoms with E-state index in [9.17, 15) is 4.79 Å². The highest BCUT2D eigenvalue weighted by Gasteiger charge is 2.18. The van der Waals surface area contributed by atoms with Crippen molar-refractivity contribution < 1.29 is 9.53 Å². The summed E-state index contributed by atoms with van der Waals surface area (Å²) in [6, 6.07) is 13.7. The molecule has 1 heterocycles. The lowest BCUT2D eigenvalue weighted by Gasteiger charge is -2.22. The molecule has 1 aromatic heterocycles. The summed E-state index contributed by atoms with van der Waals surface area (Å²) in [5.74, 6) is 0.775. The lowest BCUT2D eigenvalue weighted by Crippen LogP contribution is -2.38. The molecule has 0 aliphatic heterocycles. The topological polar surface area (TPSA) is 54.5 Å². The van der Waals surface area contributed by atoms with Gasteiger partial charge in [0.2, 0.25) is 0 Å². The normalized spacial score (nSPS) is 12.0. The van der Waals surface area contributed by atoms with Crippen molar-refractivity contribution in [2.45, 2.75) is 26.4 Å². The quantitative estimate of drug-likeness (QED) is 0.720. The third-order valence-corrected chi connectivity index (χ3v) is 5.27. The summed E-state index contributed by atoms with van der Waals surface area (Å²) in [7, 11) is 3.42. The van der Waals surface area contributed by atoms with Crippen LogP contribution < -0.4 is 10.1 Å². The molecule has 0 bridgehead atoms. The second-order valence-corrected chi connectivity index (χ2v) is 7.46. The van der Waals surface area contributed by atoms with Gasteiger partial charge in [0.1, 0.15) is 10.8 Å². The van der Waals surface area contributed by atoms with E-state index in [1.807, 2.05) is 56.3 Å². The Kier molecular flexibility index (Phi) is 5.42. The molecule has 0 radical (unpaired) electrons. The Morgan fingerprint density at radius 3 is 2.81 bits per heavy atom. The Balaban J connectivity index is 1.68. The smallest absolute Gasteiger partial charge is 0.317 e. The summed E-state index contributed by atoms with van der Waals surface area (Å²) in [5.41, 5.74) is 3.07. The molecular formula is C20H23N3O2S. The Hall–Kier alpha value is -2.60. The monoisotopic (exact) mass is 369 g/mol. The number of thiazole rings is 1. The van der Waals surface area contributed by atoms with Crippen molar-refractivity contribution in [2.24, 2.45) is 0 Å². The Labute approximate surface area is 157 Å². The molecule has 1 unspecified atom stereocenters. The zero-order valence-electron chi connectivity index (χ0n) is 15.4. The maximum Gasteiger partial charge on any atom is 0.317 e. The molecule has 2 amide bonds. The summed E-state index contributed by atoms with van der Waals surface area (Å²) in [5, 5.41) is 3.96. The van der Waals surface area contributed by atoms with Crippen LogP contribution in [0.2, 0.25) is 0 Å². The fourth-order valence-corrected chi connectivity index (χ4v) is 3.85. The predicted molar refractivity (Wildman–Crippen MR) is 106 cm³/mol. The zero-order valence-corrected chi connectivity index (χ0v) is 16.3. The van der Waals surface area contributed by atoms with E-state index < -0.39 is 0 Å². The number of methoxy groups -OCH3 is 1. The molecule has 3 aromatic rings. The van der Waals surface area contributed by atoms with E-state index in [0.717, 1.165) is 32.1 Å². The SMILES string of the molecule is COc1ccc(C)cc1C(C)NC(=O)N(C)Cc1nc2ccccc2s1. The molecule has 6 heteroatoms. The van der Waals surface area contributed by atoms with Crippen LogP contribution in [-0.2, 0) is 6.54 Å². The number of aryl methyl sites for hydroxylation is 1. The Morgan fingerprint density at radius 1 is 1.31 bits per heavy atom. The molecule has 5 nitrogen and oxygen atoms in total. The first kappa shape index (κ1) is 18.2. The molecular weight excluding hydrogens is 346 g/mol. The molecule has 0 aliphatic carbocycles. The maximum absolute atomic E-state index is 12.6. The number of nitrogens with zero attached hydrogens (tertiary/aromatic N) is 2. The lowest BCUT2D eigenvalue weighted by atomic mass is 10.0. The second kappa shape index (κ2) is 7.74. The van der Waals surface area contributed by atoms with Crippen LogP contribution in [0.3, 0.4) is 0 Å². The van der Waals surface area contributed by atoms with Gasteiger partial charge in [0.15, 0.2) is 0 Å². The first-order valence-corrected chi connectivity index (χ1v) is 9.30. The molecule has 1 atom stereocenters. The van der Waals surface area contributed by atoms with E-state index in [1.54, 1.807) is 30.4 Å². The standard InChI is InChI=1S/C20H23N3O2S/c1-13-9-10-17(25-4)15(11-13)14(2)21-20(24)23(3)12-19-22-16-7-5-6-8-18(16)26-19/h5-11,14H,12H2,1-4H3,(H,21,24). The number of urea groups is 1. The summed E-state index contributed by atoms with van der Waals surface area (Å²) >= 11 is 1.61. The largest absolute Gasteiger partial charge is 0.496 e. The molecule has 0 fully saturated rings. The van der Waals surface area contributed by atoms with Crippen LogP contribution in [0.25, 0.3) is 10.2 Å². The van der Waals surface area contributed by atoms with Crippen molar-refractivity contribution in [3.8, 4) is 5.75 Å². The molecule has 0 aliphatic rings. The van der Waals surface area contributed by atoms with Gasteiger partial charge in [-0.15, -0.1) is 11.3 Å². The fraction of sp³-hybridized carbons (Fsp3) is 0.300. The third kappa shape index (κ3) is 3.96. The molecule has 2 aromatic carbocycles. The lowest BCUT2D eigenvalue weighted by molar-refractivity contribution is 0.203. The van der Waals surface area contributed by atoms with Gasteiger partial charge in [-0.25, -0.2) is 9.78 Å². The number of nitrogens with one attached hydrogen (secondary N) is 1. The highest BCUT2D eigenvalue weighted by Crippen LogP contribution is 2.26. The summed E-state index contributed by atoms with van der Waals surface area (Å²) < 4.78 is 6.55. The minimum atomic E-state index is -0.157. The van der Waals surface area contributed by atoms with E-state index in [-0.39, 0.29) is 12.1 Å². The highest BCUT2D eigenvalue weighted by atomic mass is 32.1. The highest BCUT2D eigenvalue weighted by molar-refractivity contribution is 7.18. The van der Waals surface area contributed by atoms with Gasteiger partial charge in [0.25, 0.3) is 0 Å². The number of aromatic nitrogens is 1. The van der Waals surface area contributed by atoms with E-state index >= 15 is 0 Å². The maximum atomic E-state index is 12.6. The minimum Gasteiger partial charge on any atom is -0.496 e. The minimum absolute atomic E-state index is 0.139. The van der Waals surface area contributed by atoms with Crippen molar-refractivity contribution >= 4 is 27.6 Å². The molecule has 3 rings (SSSR count). The van der Waals surface area contributed by atoms with E-state index in [4.69, 9.17) is 4.74 Å². The fourth-order valence-electron chi connectivity index (χ4n) is 2.83. The summed E-state index contributed by atoms with van der Waals surface area (Å²) in [6.07, 6.45) is 0. The van der Waals surface area contributed by atoms with Gasteiger partial charge in [0.05, 0.1) is 29.9 Å². The van der Waals surface area contributed by atoms with Gasteiger partial charge in [-0.1, -0.05) is 29.8 Å². The number of ether oxygens (including phenoxy) is 1. The van der Waals surface area contributed by atoms with Gasteiger partial charge < -0.3 is 15.0 Å². The Bertz CT molecular complexity index is 889. The van der Waals surface area contributed by atoms with Gasteiger partial charge in [0, 0.05) is 12.6 Å². The predicted octanol–water partition coefficient (Wildman–Crippen LogP) is 4.52. The first-order valence-electron chi connectivity index (χ1n) is 8.48. The summed E-state index contributed by atoms with van der Waals surface area (Å²) in [4.78, 5) is 18.8. The summed E-state index contributed by atoms with van der Waals surface area (Å²) in [6.45, 7) is 4.46. The Morgan fingerprint density at radius 2 is 2.08 bits per heavy atom. The van der Waals surface area contributed by atoms with Gasteiger partial charge >= 0.3 is 6.03 Å². The molecule has 0 saturated heterocycles. The number of hydrogen-bond donors (Lipinski definition) is 1. The third-order valence-electron chi connectivity index (χ3n) is 4.25. The average Bonchev–Trinajstić information content (AvgIpc) is 3.03. The first-order chi connectivity index (χ1) is 12.5. The van der Waals surface area contributed by atoms with Crippen LogP contribution in [0.15, 0.2) is 42.5 Å². The number of rotatable bonds is 5. The van der Waals surface area contributed by atoms with Crippen LogP contribution in [0, 0.1) is 6.92 Å². The van der Waals surface area contributed by atoms with E-state index in [1.165, 1.54) is 0 Å². The van der Waals surface area contributed by atoms with Crippen LogP contribution >= 0.6 is 11.3 Å². The van der Waals surface area contributed by atoms with Crippen LogP contribution in [-0.4, -0.2) is 30.1 Å². The number of fused-ring (bicyclic) bond motifs is 1. The van der Waals surface area contributed by atoms with Gasteiger partial charge in [-0.2, -0.15) is 0 Å². The molecule has 136 valence electrons. The van der Waals surface area contributed by atoms with Crippen LogP contribution in [0.5, 0.6) is 5.75 Å². The molecule has 1 N–H and O–H groups in total. The number of amides is 2. The van der Waals surface area contributed by atoms with E-state index in [0.29, 0.717) is 6.54 Å². The van der Waals surface area contributed by atoms with Crippen molar-refractivity contribution in [1.29, 1.82) is 0 Å². The molecule has 0 saturated carbocycles. The van der Waals surface area contributed by atoms with Gasteiger partial charge in [-0.3, -0.25) is 0 Å². The van der Waals surface area contributed by atoms with Crippen molar-refractivity contribution in [3.63, 3.8) is 0 Å². The van der Waals surface area contributed by atoms with E-state index in [2.05, 4.69) is 10.3 Å². The van der Waals surface area contributed by atoms with Gasteiger partial charge in [-0.05, 0) is 32.0 Å². The van der Waals surface area contributed by atoms with Crippen molar-refractivity contribution in [1.82, 2.24) is 15.2 Å². The zero-order chi connectivity index (χ0) is 18.7. The number of carbonyl (C=O) groups excluding carboxylic acids is 1. The number of carbonyl (C=O) groups is 1. The van der Waals surface area contributed by atoms with Crippen LogP contribution in [0.4, 0.5) is 4.79 Å². The molecule has 26 heavy (non-hydrogen) atoms. The average molecular weight is 369 g/mol.